The van der Waals surface area contributed by atoms with Gasteiger partial charge in [-0.2, -0.15) is 0 Å². The third-order valence-corrected chi connectivity index (χ3v) is 7.70. The molecule has 0 amide bonds. The first-order chi connectivity index (χ1) is 16.0. The van der Waals surface area contributed by atoms with Gasteiger partial charge >= 0.3 is 0 Å². The second-order valence-corrected chi connectivity index (χ2v) is 11.9. The predicted molar refractivity (Wildman–Crippen MR) is 132 cm³/mol. The van der Waals surface area contributed by atoms with Crippen LogP contribution in [0.3, 0.4) is 0 Å². The van der Waals surface area contributed by atoms with Crippen LogP contribution in [0.4, 0.5) is 0 Å². The van der Waals surface area contributed by atoms with Crippen molar-refractivity contribution in [2.75, 3.05) is 13.2 Å². The van der Waals surface area contributed by atoms with Crippen molar-refractivity contribution in [1.29, 1.82) is 0 Å². The molecular weight excluding hydrogens is 426 g/mol. The highest BCUT2D eigenvalue weighted by Gasteiger charge is 2.56. The van der Waals surface area contributed by atoms with Gasteiger partial charge in [0.15, 0.2) is 0 Å². The fourth-order valence-corrected chi connectivity index (χ4v) is 6.18. The number of hydrogen-bond acceptors (Lipinski definition) is 5. The number of ether oxygens (including phenoxy) is 3. The number of nitrogens with zero attached hydrogens (tertiary/aromatic N) is 1. The molecule has 3 aliphatic rings. The van der Waals surface area contributed by atoms with Gasteiger partial charge in [0.1, 0.15) is 17.5 Å². The van der Waals surface area contributed by atoms with E-state index in [2.05, 4.69) is 46.8 Å². The largest absolute Gasteiger partial charge is 0.491 e. The fourth-order valence-electron chi connectivity index (χ4n) is 6.18. The Morgan fingerprint density at radius 3 is 2.38 bits per heavy atom. The van der Waals surface area contributed by atoms with Crippen molar-refractivity contribution < 1.29 is 19.3 Å². The van der Waals surface area contributed by atoms with Crippen molar-refractivity contribution in [3.8, 4) is 5.75 Å². The molecule has 3 heterocycles. The average molecular weight is 466 g/mol. The standard InChI is InChI=1S/C29H39NO4/c1-16(2)26-24-25(23-21(30-26)12-28(6,7)13-22(23)31)29(15-32-14-18(29)5)34-27(24)19-8-10-20(11-9-19)33-17(3)4/h8-11,16-18,22,27,31H,12-15H2,1-7H3. The van der Waals surface area contributed by atoms with E-state index in [0.717, 1.165) is 52.2 Å². The summed E-state index contributed by atoms with van der Waals surface area (Å²) >= 11 is 0. The maximum atomic E-state index is 11.4. The monoisotopic (exact) mass is 465 g/mol. The Morgan fingerprint density at radius 2 is 1.79 bits per heavy atom. The molecule has 4 unspecified atom stereocenters. The highest BCUT2D eigenvalue weighted by molar-refractivity contribution is 5.55. The van der Waals surface area contributed by atoms with Gasteiger partial charge in [-0.05, 0) is 55.7 Å². The number of fused-ring (bicyclic) bond motifs is 4. The van der Waals surface area contributed by atoms with E-state index >= 15 is 0 Å². The number of pyridine rings is 1. The molecule has 2 aliphatic heterocycles. The normalized spacial score (nSPS) is 29.6. The van der Waals surface area contributed by atoms with E-state index in [4.69, 9.17) is 19.2 Å². The third kappa shape index (κ3) is 3.77. The van der Waals surface area contributed by atoms with Crippen molar-refractivity contribution in [1.82, 2.24) is 4.98 Å². The topological polar surface area (TPSA) is 60.8 Å². The van der Waals surface area contributed by atoms with Gasteiger partial charge < -0.3 is 19.3 Å². The average Bonchev–Trinajstić information content (AvgIpc) is 3.27. The molecule has 1 fully saturated rings. The summed E-state index contributed by atoms with van der Waals surface area (Å²) in [6, 6.07) is 8.26. The smallest absolute Gasteiger partial charge is 0.123 e. The molecule has 5 rings (SSSR count). The number of benzene rings is 1. The van der Waals surface area contributed by atoms with Crippen LogP contribution in [0.25, 0.3) is 0 Å². The maximum absolute atomic E-state index is 11.4. The molecule has 0 bridgehead atoms. The predicted octanol–water partition coefficient (Wildman–Crippen LogP) is 5.98. The van der Waals surface area contributed by atoms with Crippen LogP contribution in [-0.4, -0.2) is 29.4 Å². The Bertz CT molecular complexity index is 1070. The molecule has 5 nitrogen and oxygen atoms in total. The van der Waals surface area contributed by atoms with Crippen molar-refractivity contribution >= 4 is 0 Å². The summed E-state index contributed by atoms with van der Waals surface area (Å²) in [4.78, 5) is 5.24. The number of hydrogen-bond donors (Lipinski definition) is 1. The lowest BCUT2D eigenvalue weighted by molar-refractivity contribution is -0.0841. The van der Waals surface area contributed by atoms with Crippen molar-refractivity contribution in [3.05, 3.63) is 57.9 Å². The van der Waals surface area contributed by atoms with Crippen molar-refractivity contribution in [3.63, 3.8) is 0 Å². The van der Waals surface area contributed by atoms with Gasteiger partial charge in [-0.3, -0.25) is 4.98 Å². The zero-order valence-electron chi connectivity index (χ0n) is 21.6. The van der Waals surface area contributed by atoms with Crippen LogP contribution in [-0.2, 0) is 21.5 Å². The molecule has 2 aromatic rings. The summed E-state index contributed by atoms with van der Waals surface area (Å²) in [6.45, 7) is 16.3. The first kappa shape index (κ1) is 23.8. The van der Waals surface area contributed by atoms with Crippen LogP contribution in [0, 0.1) is 11.3 Å². The minimum atomic E-state index is -0.563. The molecular formula is C29H39NO4. The molecule has 184 valence electrons. The summed E-state index contributed by atoms with van der Waals surface area (Å²) in [7, 11) is 0. The molecule has 1 N–H and O–H groups in total. The lowest BCUT2D eigenvalue weighted by atomic mass is 9.69. The van der Waals surface area contributed by atoms with Gasteiger partial charge in [-0.25, -0.2) is 0 Å². The molecule has 1 aliphatic carbocycles. The summed E-state index contributed by atoms with van der Waals surface area (Å²) in [6.07, 6.45) is 0.929. The molecule has 1 aromatic carbocycles. The van der Waals surface area contributed by atoms with E-state index < -0.39 is 11.7 Å². The fraction of sp³-hybridized carbons (Fsp3) is 0.621. The Morgan fingerprint density at radius 1 is 1.09 bits per heavy atom. The summed E-state index contributed by atoms with van der Waals surface area (Å²) in [5.41, 5.74) is 5.95. The number of rotatable bonds is 4. The van der Waals surface area contributed by atoms with Crippen LogP contribution >= 0.6 is 0 Å². The molecule has 1 saturated heterocycles. The molecule has 34 heavy (non-hydrogen) atoms. The van der Waals surface area contributed by atoms with Crippen molar-refractivity contribution in [2.45, 2.75) is 91.1 Å². The van der Waals surface area contributed by atoms with Gasteiger partial charge in [0.2, 0.25) is 0 Å². The zero-order valence-corrected chi connectivity index (χ0v) is 21.6. The Kier molecular flexibility index (Phi) is 5.82. The summed E-state index contributed by atoms with van der Waals surface area (Å²) in [5, 5.41) is 11.4. The highest BCUT2D eigenvalue weighted by Crippen LogP contribution is 2.58. The number of aromatic nitrogens is 1. The van der Waals surface area contributed by atoms with Crippen LogP contribution in [0.1, 0.15) is 107 Å². The molecule has 0 radical (unpaired) electrons. The Balaban J connectivity index is 1.72. The lowest BCUT2D eigenvalue weighted by Gasteiger charge is -2.38. The summed E-state index contributed by atoms with van der Waals surface area (Å²) in [5.74, 6) is 1.28. The number of aliphatic hydroxyl groups is 1. The zero-order chi connectivity index (χ0) is 24.4. The summed E-state index contributed by atoms with van der Waals surface area (Å²) < 4.78 is 18.9. The molecule has 1 spiro atoms. The van der Waals surface area contributed by atoms with E-state index in [1.807, 2.05) is 26.0 Å². The van der Waals surface area contributed by atoms with Crippen molar-refractivity contribution in [2.24, 2.45) is 11.3 Å². The Hall–Kier alpha value is -1.95. The van der Waals surface area contributed by atoms with Crippen LogP contribution in [0.5, 0.6) is 5.75 Å². The van der Waals surface area contributed by atoms with E-state index in [1.54, 1.807) is 0 Å². The van der Waals surface area contributed by atoms with Gasteiger partial charge in [0.05, 0.1) is 25.4 Å². The van der Waals surface area contributed by atoms with Crippen LogP contribution in [0.2, 0.25) is 0 Å². The third-order valence-electron chi connectivity index (χ3n) is 7.70. The first-order valence-electron chi connectivity index (χ1n) is 12.8. The SMILES string of the molecule is CC(C)Oc1ccc(C2OC3(COCC3C)c3c4c(nc(C(C)C)c32)CC(C)(C)CC4O)cc1. The quantitative estimate of drug-likeness (QED) is 0.602. The van der Waals surface area contributed by atoms with Gasteiger partial charge in [-0.1, -0.05) is 46.8 Å². The second kappa shape index (κ2) is 8.32. The van der Waals surface area contributed by atoms with Gasteiger partial charge in [0.25, 0.3) is 0 Å². The first-order valence-corrected chi connectivity index (χ1v) is 12.8. The molecule has 0 saturated carbocycles. The highest BCUT2D eigenvalue weighted by atomic mass is 16.6. The second-order valence-electron chi connectivity index (χ2n) is 11.9. The van der Waals surface area contributed by atoms with Crippen LogP contribution in [0.15, 0.2) is 24.3 Å². The number of aliphatic hydroxyl groups excluding tert-OH is 1. The minimum Gasteiger partial charge on any atom is -0.491 e. The molecule has 5 heteroatoms. The van der Waals surface area contributed by atoms with E-state index in [-0.39, 0.29) is 29.5 Å². The van der Waals surface area contributed by atoms with Gasteiger partial charge in [0, 0.05) is 34.0 Å². The lowest BCUT2D eigenvalue weighted by Crippen LogP contribution is -2.37. The Labute approximate surface area is 203 Å². The van der Waals surface area contributed by atoms with E-state index in [1.165, 1.54) is 0 Å². The van der Waals surface area contributed by atoms with Crippen LogP contribution < -0.4 is 4.74 Å². The van der Waals surface area contributed by atoms with Gasteiger partial charge in [-0.15, -0.1) is 0 Å². The minimum absolute atomic E-state index is 0.0119. The molecule has 1 aromatic heterocycles. The van der Waals surface area contributed by atoms with E-state index in [0.29, 0.717) is 13.2 Å². The maximum Gasteiger partial charge on any atom is 0.123 e. The molecule has 4 atom stereocenters. The van der Waals surface area contributed by atoms with E-state index in [9.17, 15) is 5.11 Å².